The van der Waals surface area contributed by atoms with E-state index in [2.05, 4.69) is 0 Å². The van der Waals surface area contributed by atoms with E-state index in [4.69, 9.17) is 4.74 Å². The summed E-state index contributed by atoms with van der Waals surface area (Å²) in [5.74, 6) is 0.389. The molecule has 3 nitrogen and oxygen atoms in total. The summed E-state index contributed by atoms with van der Waals surface area (Å²) in [5.41, 5.74) is 1.24. The summed E-state index contributed by atoms with van der Waals surface area (Å²) in [5, 5.41) is 10.1. The minimum absolute atomic E-state index is 0.313. The van der Waals surface area contributed by atoms with E-state index >= 15 is 0 Å². The van der Waals surface area contributed by atoms with E-state index < -0.39 is 6.10 Å². The van der Waals surface area contributed by atoms with Crippen molar-refractivity contribution in [1.82, 2.24) is 0 Å². The van der Waals surface area contributed by atoms with Crippen molar-refractivity contribution in [1.29, 1.82) is 0 Å². The van der Waals surface area contributed by atoms with E-state index in [0.29, 0.717) is 12.1 Å². The molecular formula is C16H18FNO2. The molecule has 1 unspecified atom stereocenters. The lowest BCUT2D eigenvalue weighted by molar-refractivity contribution is 0.180. The van der Waals surface area contributed by atoms with Crippen LogP contribution >= 0.6 is 0 Å². The van der Waals surface area contributed by atoms with E-state index in [1.54, 1.807) is 25.3 Å². The molecule has 2 rings (SSSR count). The largest absolute Gasteiger partial charge is 0.497 e. The van der Waals surface area contributed by atoms with Gasteiger partial charge in [0.1, 0.15) is 11.6 Å². The maximum absolute atomic E-state index is 13.6. The molecule has 0 bridgehead atoms. The first kappa shape index (κ1) is 14.3. The number of ether oxygens (including phenoxy) is 1. The molecule has 4 heteroatoms. The lowest BCUT2D eigenvalue weighted by atomic mass is 10.1. The highest BCUT2D eigenvalue weighted by Gasteiger charge is 2.14. The van der Waals surface area contributed by atoms with Crippen molar-refractivity contribution in [2.24, 2.45) is 0 Å². The van der Waals surface area contributed by atoms with Gasteiger partial charge in [0.25, 0.3) is 0 Å². The second-order valence-corrected chi connectivity index (χ2v) is 4.62. The molecule has 0 amide bonds. The fourth-order valence-corrected chi connectivity index (χ4v) is 2.05. The number of hydrogen-bond acceptors (Lipinski definition) is 3. The van der Waals surface area contributed by atoms with Crippen molar-refractivity contribution in [2.45, 2.75) is 6.10 Å². The van der Waals surface area contributed by atoms with Crippen molar-refractivity contribution in [3.8, 4) is 5.75 Å². The van der Waals surface area contributed by atoms with Crippen LogP contribution in [0.25, 0.3) is 0 Å². The van der Waals surface area contributed by atoms with Crippen LogP contribution in [0.15, 0.2) is 48.5 Å². The summed E-state index contributed by atoms with van der Waals surface area (Å²) in [6.45, 7) is 0.313. The fourth-order valence-electron chi connectivity index (χ4n) is 2.05. The van der Waals surface area contributed by atoms with Gasteiger partial charge in [-0.15, -0.1) is 0 Å². The average molecular weight is 275 g/mol. The van der Waals surface area contributed by atoms with Gasteiger partial charge in [-0.05, 0) is 30.3 Å². The van der Waals surface area contributed by atoms with Crippen LogP contribution in [0.5, 0.6) is 5.75 Å². The van der Waals surface area contributed by atoms with E-state index in [1.165, 1.54) is 6.07 Å². The highest BCUT2D eigenvalue weighted by molar-refractivity contribution is 5.48. The van der Waals surface area contributed by atoms with E-state index in [0.717, 1.165) is 11.4 Å². The topological polar surface area (TPSA) is 32.7 Å². The molecule has 2 aromatic carbocycles. The van der Waals surface area contributed by atoms with Gasteiger partial charge in [0.2, 0.25) is 0 Å². The third-order valence-corrected chi connectivity index (χ3v) is 3.22. The number of aliphatic hydroxyl groups is 1. The van der Waals surface area contributed by atoms with Gasteiger partial charge in [-0.1, -0.05) is 18.2 Å². The second-order valence-electron chi connectivity index (χ2n) is 4.62. The molecule has 20 heavy (non-hydrogen) atoms. The molecule has 1 atom stereocenters. The lowest BCUT2D eigenvalue weighted by Crippen LogP contribution is -2.24. The number of rotatable bonds is 5. The van der Waals surface area contributed by atoms with Gasteiger partial charge < -0.3 is 14.7 Å². The Balaban J connectivity index is 2.06. The number of nitrogens with zero attached hydrogens (tertiary/aromatic N) is 1. The number of benzene rings is 2. The zero-order valence-electron chi connectivity index (χ0n) is 11.6. The minimum atomic E-state index is -0.872. The van der Waals surface area contributed by atoms with Gasteiger partial charge in [0.15, 0.2) is 0 Å². The third-order valence-electron chi connectivity index (χ3n) is 3.22. The Morgan fingerprint density at radius 1 is 1.15 bits per heavy atom. The number of hydrogen-bond donors (Lipinski definition) is 1. The molecule has 2 aromatic rings. The summed E-state index contributed by atoms with van der Waals surface area (Å²) in [4.78, 5) is 1.87. The van der Waals surface area contributed by atoms with E-state index in [1.807, 2.05) is 36.2 Å². The highest BCUT2D eigenvalue weighted by Crippen LogP contribution is 2.22. The standard InChI is InChI=1S/C16H18FNO2/c1-18(12-7-9-13(20-2)10-8-12)11-16(19)14-5-3-4-6-15(14)17/h3-10,16,19H,11H2,1-2H3. The van der Waals surface area contributed by atoms with Crippen LogP contribution in [-0.2, 0) is 0 Å². The Bertz CT molecular complexity index is 557. The highest BCUT2D eigenvalue weighted by atomic mass is 19.1. The molecule has 0 saturated carbocycles. The van der Waals surface area contributed by atoms with Gasteiger partial charge in [-0.25, -0.2) is 4.39 Å². The molecule has 0 aliphatic rings. The number of anilines is 1. The smallest absolute Gasteiger partial charge is 0.129 e. The second kappa shape index (κ2) is 6.39. The minimum Gasteiger partial charge on any atom is -0.497 e. The van der Waals surface area contributed by atoms with Gasteiger partial charge in [-0.2, -0.15) is 0 Å². The van der Waals surface area contributed by atoms with Crippen LogP contribution < -0.4 is 9.64 Å². The average Bonchev–Trinajstić information content (AvgIpc) is 2.47. The Labute approximate surface area is 118 Å². The Morgan fingerprint density at radius 3 is 2.40 bits per heavy atom. The van der Waals surface area contributed by atoms with Crippen LogP contribution in [-0.4, -0.2) is 25.8 Å². The number of likely N-dealkylation sites (N-methyl/N-ethyl adjacent to an activating group) is 1. The summed E-state index contributed by atoms with van der Waals surface area (Å²) >= 11 is 0. The van der Waals surface area contributed by atoms with Crippen molar-refractivity contribution in [3.05, 3.63) is 59.9 Å². The van der Waals surface area contributed by atoms with Gasteiger partial charge in [0.05, 0.1) is 13.2 Å². The third kappa shape index (κ3) is 3.27. The first-order valence-electron chi connectivity index (χ1n) is 6.39. The van der Waals surface area contributed by atoms with Crippen LogP contribution in [0, 0.1) is 5.82 Å². The summed E-state index contributed by atoms with van der Waals surface area (Å²) < 4.78 is 18.7. The predicted octanol–water partition coefficient (Wildman–Crippen LogP) is 3.00. The van der Waals surface area contributed by atoms with Crippen molar-refractivity contribution in [2.75, 3.05) is 25.6 Å². The van der Waals surface area contributed by atoms with Gasteiger partial charge in [-0.3, -0.25) is 0 Å². The molecule has 0 fully saturated rings. The van der Waals surface area contributed by atoms with Crippen LogP contribution in [0.1, 0.15) is 11.7 Å². The zero-order valence-corrected chi connectivity index (χ0v) is 11.6. The first-order valence-corrected chi connectivity index (χ1v) is 6.39. The van der Waals surface area contributed by atoms with Crippen molar-refractivity contribution >= 4 is 5.69 Å². The zero-order chi connectivity index (χ0) is 14.5. The lowest BCUT2D eigenvalue weighted by Gasteiger charge is -2.23. The molecule has 1 N–H and O–H groups in total. The molecule has 0 heterocycles. The molecule has 0 saturated heterocycles. The SMILES string of the molecule is COc1ccc(N(C)CC(O)c2ccccc2F)cc1. The Kier molecular flexibility index (Phi) is 4.58. The summed E-state index contributed by atoms with van der Waals surface area (Å²) in [6, 6.07) is 13.8. The van der Waals surface area contributed by atoms with E-state index in [9.17, 15) is 9.50 Å². The monoisotopic (exact) mass is 275 g/mol. The quantitative estimate of drug-likeness (QED) is 0.910. The van der Waals surface area contributed by atoms with E-state index in [-0.39, 0.29) is 5.82 Å². The molecule has 0 spiro atoms. The van der Waals surface area contributed by atoms with Gasteiger partial charge in [0, 0.05) is 24.8 Å². The summed E-state index contributed by atoms with van der Waals surface area (Å²) in [7, 11) is 3.46. The van der Waals surface area contributed by atoms with Crippen molar-refractivity contribution in [3.63, 3.8) is 0 Å². The molecule has 106 valence electrons. The summed E-state index contributed by atoms with van der Waals surface area (Å²) in [6.07, 6.45) is -0.872. The first-order chi connectivity index (χ1) is 9.61. The predicted molar refractivity (Wildman–Crippen MR) is 77.6 cm³/mol. The molecule has 0 radical (unpaired) electrons. The number of aliphatic hydroxyl groups excluding tert-OH is 1. The Hall–Kier alpha value is -2.07. The number of methoxy groups -OCH3 is 1. The Morgan fingerprint density at radius 2 is 1.80 bits per heavy atom. The van der Waals surface area contributed by atoms with Crippen LogP contribution in [0.4, 0.5) is 10.1 Å². The maximum Gasteiger partial charge on any atom is 0.129 e. The van der Waals surface area contributed by atoms with Crippen molar-refractivity contribution < 1.29 is 14.2 Å². The maximum atomic E-state index is 13.6. The molecular weight excluding hydrogens is 257 g/mol. The normalized spacial score (nSPS) is 12.0. The molecule has 0 aliphatic carbocycles. The van der Waals surface area contributed by atoms with Crippen LogP contribution in [0.2, 0.25) is 0 Å². The van der Waals surface area contributed by atoms with Crippen LogP contribution in [0.3, 0.4) is 0 Å². The molecule has 0 aliphatic heterocycles. The molecule has 0 aromatic heterocycles. The fraction of sp³-hybridized carbons (Fsp3) is 0.250. The van der Waals surface area contributed by atoms with Gasteiger partial charge >= 0.3 is 0 Å². The number of halogens is 1.